The van der Waals surface area contributed by atoms with E-state index in [0.29, 0.717) is 5.56 Å². The molecule has 0 N–H and O–H groups in total. The molecule has 23 heavy (non-hydrogen) atoms. The Morgan fingerprint density at radius 3 is 2.00 bits per heavy atom. The Bertz CT molecular complexity index is 877. The first-order valence-corrected chi connectivity index (χ1v) is 7.29. The van der Waals surface area contributed by atoms with E-state index < -0.39 is 44.0 Å². The van der Waals surface area contributed by atoms with Crippen LogP contribution < -0.4 is 4.74 Å². The van der Waals surface area contributed by atoms with Gasteiger partial charge in [-0.3, -0.25) is 0 Å². The van der Waals surface area contributed by atoms with Crippen LogP contribution in [-0.2, 0) is 10.1 Å². The average Bonchev–Trinajstić information content (AvgIpc) is 2.49. The maximum Gasteiger partial charge on any atom is 0.207 e. The van der Waals surface area contributed by atoms with Crippen molar-refractivity contribution in [2.75, 3.05) is 0 Å². The fourth-order valence-corrected chi connectivity index (χ4v) is 2.31. The summed E-state index contributed by atoms with van der Waals surface area (Å²) in [6.07, 6.45) is 1.46. The van der Waals surface area contributed by atoms with Crippen LogP contribution in [0.1, 0.15) is 5.56 Å². The van der Waals surface area contributed by atoms with Crippen LogP contribution in [0.2, 0.25) is 0 Å². The van der Waals surface area contributed by atoms with E-state index in [1.807, 2.05) is 0 Å². The molecule has 0 amide bonds. The monoisotopic (exact) mass is 347 g/mol. The summed E-state index contributed by atoms with van der Waals surface area (Å²) in [5, 5.41) is 0. The fraction of sp³-hybridized carbons (Fsp3) is 0. The van der Waals surface area contributed by atoms with Gasteiger partial charge in [0.2, 0.25) is 11.6 Å². The quantitative estimate of drug-likeness (QED) is 0.367. The molecular formula is C14H7F4O4S-. The second-order valence-electron chi connectivity index (χ2n) is 4.24. The number of benzene rings is 2. The Hall–Kier alpha value is -2.39. The molecule has 0 heterocycles. The minimum atomic E-state index is -5.73. The van der Waals surface area contributed by atoms with E-state index in [1.54, 1.807) is 0 Å². The van der Waals surface area contributed by atoms with E-state index in [0.717, 1.165) is 0 Å². The zero-order chi connectivity index (χ0) is 17.4. The molecular weight excluding hydrogens is 340 g/mol. The van der Waals surface area contributed by atoms with Crippen molar-refractivity contribution in [3.05, 3.63) is 59.7 Å². The average molecular weight is 347 g/mol. The Balaban J connectivity index is 2.62. The highest BCUT2D eigenvalue weighted by molar-refractivity contribution is 7.85. The summed E-state index contributed by atoms with van der Waals surface area (Å²) < 4.78 is 91.5. The molecule has 4 nitrogen and oxygen atoms in total. The Morgan fingerprint density at radius 2 is 1.52 bits per heavy atom. The van der Waals surface area contributed by atoms with Crippen LogP contribution in [0.3, 0.4) is 0 Å². The Kier molecular flexibility index (Phi) is 4.44. The minimum Gasteiger partial charge on any atom is -0.744 e. The molecule has 0 saturated heterocycles. The maximum absolute atomic E-state index is 13.9. The van der Waals surface area contributed by atoms with E-state index in [4.69, 9.17) is 4.74 Å². The van der Waals surface area contributed by atoms with Crippen molar-refractivity contribution in [1.82, 2.24) is 0 Å². The van der Waals surface area contributed by atoms with E-state index in [-0.39, 0.29) is 5.75 Å². The van der Waals surface area contributed by atoms with Crippen molar-refractivity contribution in [3.8, 4) is 11.5 Å². The summed E-state index contributed by atoms with van der Waals surface area (Å²) >= 11 is 0. The van der Waals surface area contributed by atoms with Crippen molar-refractivity contribution in [2.45, 2.75) is 4.90 Å². The number of halogens is 4. The summed E-state index contributed by atoms with van der Waals surface area (Å²) in [6.45, 7) is 3.48. The number of hydrogen-bond acceptors (Lipinski definition) is 4. The molecule has 0 aliphatic heterocycles. The van der Waals surface area contributed by atoms with Gasteiger partial charge in [0.25, 0.3) is 0 Å². The van der Waals surface area contributed by atoms with Crippen molar-refractivity contribution < 1.29 is 35.3 Å². The van der Waals surface area contributed by atoms with Crippen LogP contribution in [0.25, 0.3) is 6.08 Å². The van der Waals surface area contributed by atoms with Gasteiger partial charge in [0.1, 0.15) is 20.8 Å². The molecule has 0 unspecified atom stereocenters. The number of ether oxygens (including phenoxy) is 1. The zero-order valence-corrected chi connectivity index (χ0v) is 12.0. The lowest BCUT2D eigenvalue weighted by Crippen LogP contribution is -2.11. The van der Waals surface area contributed by atoms with Crippen LogP contribution in [-0.4, -0.2) is 13.0 Å². The molecule has 2 rings (SSSR count). The first-order chi connectivity index (χ1) is 10.7. The summed E-state index contributed by atoms with van der Waals surface area (Å²) in [4.78, 5) is -2.14. The van der Waals surface area contributed by atoms with Crippen molar-refractivity contribution >= 4 is 16.2 Å². The SMILES string of the molecule is C=Cc1ccc(Oc2c(F)c(F)c(F)c(S(=O)(=O)[O-])c2F)cc1. The second kappa shape index (κ2) is 6.01. The predicted octanol–water partition coefficient (Wildman–Crippen LogP) is 3.58. The normalized spacial score (nSPS) is 11.3. The lowest BCUT2D eigenvalue weighted by Gasteiger charge is -2.15. The molecule has 0 aliphatic rings. The second-order valence-corrected chi connectivity index (χ2v) is 5.56. The van der Waals surface area contributed by atoms with E-state index >= 15 is 0 Å². The van der Waals surface area contributed by atoms with Gasteiger partial charge in [-0.15, -0.1) is 0 Å². The smallest absolute Gasteiger partial charge is 0.207 e. The zero-order valence-electron chi connectivity index (χ0n) is 11.1. The third-order valence-electron chi connectivity index (χ3n) is 2.77. The van der Waals surface area contributed by atoms with Crippen LogP contribution in [0.4, 0.5) is 17.6 Å². The molecule has 9 heteroatoms. The van der Waals surface area contributed by atoms with Crippen LogP contribution in [0.15, 0.2) is 35.7 Å². The molecule has 0 atom stereocenters. The Labute approximate surface area is 128 Å². The van der Waals surface area contributed by atoms with Gasteiger partial charge in [-0.05, 0) is 17.7 Å². The largest absolute Gasteiger partial charge is 0.744 e. The van der Waals surface area contributed by atoms with Gasteiger partial charge < -0.3 is 9.29 Å². The van der Waals surface area contributed by atoms with E-state index in [9.17, 15) is 30.5 Å². The molecule has 0 bridgehead atoms. The number of rotatable bonds is 4. The summed E-state index contributed by atoms with van der Waals surface area (Å²) in [5.74, 6) is -10.8. The lowest BCUT2D eigenvalue weighted by atomic mass is 10.2. The minimum absolute atomic E-state index is 0.200. The molecule has 122 valence electrons. The number of hydrogen-bond donors (Lipinski definition) is 0. The highest BCUT2D eigenvalue weighted by Crippen LogP contribution is 2.35. The fourth-order valence-electron chi connectivity index (χ4n) is 1.69. The molecule has 0 spiro atoms. The molecule has 2 aromatic carbocycles. The van der Waals surface area contributed by atoms with Gasteiger partial charge in [0, 0.05) is 0 Å². The summed E-state index contributed by atoms with van der Waals surface area (Å²) in [6, 6.07) is 5.32. The van der Waals surface area contributed by atoms with E-state index in [1.165, 1.54) is 30.3 Å². The van der Waals surface area contributed by atoms with Crippen molar-refractivity contribution in [2.24, 2.45) is 0 Å². The third-order valence-corrected chi connectivity index (χ3v) is 3.63. The van der Waals surface area contributed by atoms with Crippen LogP contribution in [0, 0.1) is 23.3 Å². The van der Waals surface area contributed by atoms with Gasteiger partial charge in [-0.1, -0.05) is 24.8 Å². The molecule has 0 radical (unpaired) electrons. The van der Waals surface area contributed by atoms with Gasteiger partial charge in [0.05, 0.1) is 0 Å². The molecule has 2 aromatic rings. The van der Waals surface area contributed by atoms with Gasteiger partial charge in [0.15, 0.2) is 17.5 Å². The summed E-state index contributed by atoms with van der Waals surface area (Å²) in [7, 11) is -5.73. The predicted molar refractivity (Wildman–Crippen MR) is 70.8 cm³/mol. The molecule has 0 aliphatic carbocycles. The van der Waals surface area contributed by atoms with Crippen LogP contribution >= 0.6 is 0 Å². The summed E-state index contributed by atoms with van der Waals surface area (Å²) in [5.41, 5.74) is 0.631. The van der Waals surface area contributed by atoms with Gasteiger partial charge in [-0.25, -0.2) is 21.6 Å². The third kappa shape index (κ3) is 3.20. The highest BCUT2D eigenvalue weighted by Gasteiger charge is 2.30. The van der Waals surface area contributed by atoms with Crippen LogP contribution in [0.5, 0.6) is 11.5 Å². The lowest BCUT2D eigenvalue weighted by molar-refractivity contribution is 0.345. The first kappa shape index (κ1) is 17.0. The van der Waals surface area contributed by atoms with Gasteiger partial charge >= 0.3 is 0 Å². The van der Waals surface area contributed by atoms with Gasteiger partial charge in [-0.2, -0.15) is 4.39 Å². The van der Waals surface area contributed by atoms with Crippen molar-refractivity contribution in [3.63, 3.8) is 0 Å². The molecule has 0 aromatic heterocycles. The molecule has 0 saturated carbocycles. The standard InChI is InChI=1S/C14H8F4O4S/c1-2-7-3-5-8(6-4-7)22-13-10(16)9(15)11(17)14(12(13)18)23(19,20)21/h2-6H,1H2,(H,19,20,21)/p-1. The highest BCUT2D eigenvalue weighted by atomic mass is 32.2. The maximum atomic E-state index is 13.9. The first-order valence-electron chi connectivity index (χ1n) is 5.89. The topological polar surface area (TPSA) is 66.4 Å². The Morgan fingerprint density at radius 1 is 0.957 bits per heavy atom. The van der Waals surface area contributed by atoms with Crippen molar-refractivity contribution in [1.29, 1.82) is 0 Å². The van der Waals surface area contributed by atoms with E-state index in [2.05, 4.69) is 6.58 Å². The molecule has 0 fully saturated rings.